The van der Waals surface area contributed by atoms with Crippen molar-refractivity contribution in [2.45, 2.75) is 26.4 Å². The Balaban J connectivity index is 2.00. The number of hydrogen-bond donors (Lipinski definition) is 2. The van der Waals surface area contributed by atoms with Crippen LogP contribution in [0.15, 0.2) is 35.3 Å². The van der Waals surface area contributed by atoms with E-state index in [4.69, 9.17) is 9.84 Å². The van der Waals surface area contributed by atoms with Gasteiger partial charge in [-0.3, -0.25) is 14.4 Å². The number of carbonyl (C=O) groups excluding carboxylic acids is 1. The lowest BCUT2D eigenvalue weighted by Crippen LogP contribution is -2.19. The molecule has 1 aromatic carbocycles. The van der Waals surface area contributed by atoms with Gasteiger partial charge in [0.1, 0.15) is 18.2 Å². The number of aromatic nitrogens is 2. The minimum atomic E-state index is -1.09. The molecule has 0 aliphatic rings. The Hall–Kier alpha value is -2.96. The van der Waals surface area contributed by atoms with E-state index in [2.05, 4.69) is 9.97 Å². The maximum Gasteiger partial charge on any atom is 0.308 e. The standard InChI is InChI=1S/C16H16N2O5/c1-2-13(19)10-3-5-12(6-4-10)23-9-14-17-8-11(7-15(20)21)16(22)18-14/h3-6,8H,2,7,9H2,1H3,(H,20,21)(H,17,18,22). The van der Waals surface area contributed by atoms with Crippen molar-refractivity contribution in [2.75, 3.05) is 0 Å². The first kappa shape index (κ1) is 16.4. The molecule has 7 nitrogen and oxygen atoms in total. The number of aliphatic carboxylic acids is 1. The van der Waals surface area contributed by atoms with Crippen LogP contribution in [0.25, 0.3) is 0 Å². The minimum Gasteiger partial charge on any atom is -0.486 e. The first-order chi connectivity index (χ1) is 11.0. The lowest BCUT2D eigenvalue weighted by molar-refractivity contribution is -0.136. The van der Waals surface area contributed by atoms with Gasteiger partial charge in [0.2, 0.25) is 0 Å². The van der Waals surface area contributed by atoms with Crippen LogP contribution in [-0.4, -0.2) is 26.8 Å². The minimum absolute atomic E-state index is 0.0314. The third kappa shape index (κ3) is 4.50. The van der Waals surface area contributed by atoms with E-state index in [-0.39, 0.29) is 30.2 Å². The number of carboxylic acids is 1. The molecule has 120 valence electrons. The van der Waals surface area contributed by atoms with Crippen LogP contribution in [0.5, 0.6) is 5.75 Å². The van der Waals surface area contributed by atoms with E-state index >= 15 is 0 Å². The number of nitrogens with zero attached hydrogens (tertiary/aromatic N) is 1. The Kier molecular flexibility index (Phi) is 5.24. The zero-order valence-electron chi connectivity index (χ0n) is 12.5. The largest absolute Gasteiger partial charge is 0.486 e. The number of aromatic amines is 1. The van der Waals surface area contributed by atoms with Gasteiger partial charge in [0.25, 0.3) is 5.56 Å². The van der Waals surface area contributed by atoms with Crippen molar-refractivity contribution in [3.8, 4) is 5.75 Å². The van der Waals surface area contributed by atoms with Gasteiger partial charge in [0.05, 0.1) is 6.42 Å². The molecule has 0 saturated carbocycles. The number of carbonyl (C=O) groups is 2. The molecule has 0 bridgehead atoms. The van der Waals surface area contributed by atoms with E-state index in [0.717, 1.165) is 0 Å². The number of Topliss-reactive ketones (excluding diaryl/α,β-unsaturated/α-hetero) is 1. The van der Waals surface area contributed by atoms with E-state index in [1.807, 2.05) is 0 Å². The summed E-state index contributed by atoms with van der Waals surface area (Å²) < 4.78 is 5.48. The summed E-state index contributed by atoms with van der Waals surface area (Å²) in [5.41, 5.74) is 0.206. The fourth-order valence-corrected chi connectivity index (χ4v) is 1.91. The lowest BCUT2D eigenvalue weighted by atomic mass is 10.1. The average Bonchev–Trinajstić information content (AvgIpc) is 2.54. The zero-order valence-corrected chi connectivity index (χ0v) is 12.5. The number of nitrogens with one attached hydrogen (secondary N) is 1. The van der Waals surface area contributed by atoms with Crippen LogP contribution in [0.1, 0.15) is 35.1 Å². The fourth-order valence-electron chi connectivity index (χ4n) is 1.91. The zero-order chi connectivity index (χ0) is 16.8. The van der Waals surface area contributed by atoms with Crippen LogP contribution in [0.3, 0.4) is 0 Å². The lowest BCUT2D eigenvalue weighted by Gasteiger charge is -2.07. The predicted molar refractivity (Wildman–Crippen MR) is 81.6 cm³/mol. The van der Waals surface area contributed by atoms with Crippen molar-refractivity contribution in [1.29, 1.82) is 0 Å². The van der Waals surface area contributed by atoms with Gasteiger partial charge in [-0.15, -0.1) is 0 Å². The first-order valence-corrected chi connectivity index (χ1v) is 7.04. The number of benzene rings is 1. The Morgan fingerprint density at radius 2 is 1.96 bits per heavy atom. The summed E-state index contributed by atoms with van der Waals surface area (Å²) in [6, 6.07) is 6.68. The van der Waals surface area contributed by atoms with Gasteiger partial charge in [-0.25, -0.2) is 4.98 Å². The predicted octanol–water partition coefficient (Wildman–Crippen LogP) is 1.57. The van der Waals surface area contributed by atoms with Crippen LogP contribution in [0.4, 0.5) is 0 Å². The molecule has 0 amide bonds. The molecule has 0 radical (unpaired) electrons. The highest BCUT2D eigenvalue weighted by molar-refractivity contribution is 5.95. The maximum absolute atomic E-state index is 11.7. The first-order valence-electron chi connectivity index (χ1n) is 7.04. The van der Waals surface area contributed by atoms with Crippen LogP contribution in [0, 0.1) is 0 Å². The summed E-state index contributed by atoms with van der Waals surface area (Å²) in [7, 11) is 0. The molecule has 2 rings (SSSR count). The Bertz CT molecular complexity index is 765. The summed E-state index contributed by atoms with van der Waals surface area (Å²) in [5.74, 6) is -0.215. The molecular formula is C16H16N2O5. The third-order valence-corrected chi connectivity index (χ3v) is 3.14. The number of hydrogen-bond acceptors (Lipinski definition) is 5. The van der Waals surface area contributed by atoms with Gasteiger partial charge in [-0.2, -0.15) is 0 Å². The molecule has 1 aromatic heterocycles. The second kappa shape index (κ2) is 7.35. The molecule has 0 aliphatic carbocycles. The maximum atomic E-state index is 11.7. The second-order valence-corrected chi connectivity index (χ2v) is 4.84. The van der Waals surface area contributed by atoms with E-state index < -0.39 is 11.5 Å². The summed E-state index contributed by atoms with van der Waals surface area (Å²) in [5, 5.41) is 8.66. The Morgan fingerprint density at radius 3 is 2.52 bits per heavy atom. The van der Waals surface area contributed by atoms with Crippen LogP contribution in [0.2, 0.25) is 0 Å². The molecule has 1 heterocycles. The highest BCUT2D eigenvalue weighted by atomic mass is 16.5. The quantitative estimate of drug-likeness (QED) is 0.750. The van der Waals surface area contributed by atoms with Gasteiger partial charge in [-0.1, -0.05) is 6.92 Å². The Labute approximate surface area is 132 Å². The highest BCUT2D eigenvalue weighted by Crippen LogP contribution is 2.14. The van der Waals surface area contributed by atoms with E-state index in [9.17, 15) is 14.4 Å². The molecule has 23 heavy (non-hydrogen) atoms. The van der Waals surface area contributed by atoms with Gasteiger partial charge in [-0.05, 0) is 24.3 Å². The summed E-state index contributed by atoms with van der Waals surface area (Å²) in [4.78, 5) is 40.2. The molecule has 0 atom stereocenters. The number of ether oxygens (including phenoxy) is 1. The van der Waals surface area contributed by atoms with Crippen molar-refractivity contribution in [3.05, 3.63) is 57.8 Å². The van der Waals surface area contributed by atoms with Crippen molar-refractivity contribution in [1.82, 2.24) is 9.97 Å². The fraction of sp³-hybridized carbons (Fsp3) is 0.250. The average molecular weight is 316 g/mol. The van der Waals surface area contributed by atoms with Gasteiger partial charge in [0, 0.05) is 23.7 Å². The summed E-state index contributed by atoms with van der Waals surface area (Å²) in [6.45, 7) is 1.83. The molecule has 2 N–H and O–H groups in total. The van der Waals surface area contributed by atoms with Gasteiger partial charge < -0.3 is 14.8 Å². The molecule has 0 saturated heterocycles. The second-order valence-electron chi connectivity index (χ2n) is 4.84. The Morgan fingerprint density at radius 1 is 1.26 bits per heavy atom. The van der Waals surface area contributed by atoms with Crippen molar-refractivity contribution in [3.63, 3.8) is 0 Å². The number of rotatable bonds is 7. The normalized spacial score (nSPS) is 10.3. The van der Waals surface area contributed by atoms with Crippen molar-refractivity contribution < 1.29 is 19.4 Å². The summed E-state index contributed by atoms with van der Waals surface area (Å²) >= 11 is 0. The van der Waals surface area contributed by atoms with E-state index in [1.165, 1.54) is 6.20 Å². The molecule has 0 aliphatic heterocycles. The molecule has 0 unspecified atom stereocenters. The molecule has 2 aromatic rings. The highest BCUT2D eigenvalue weighted by Gasteiger charge is 2.08. The van der Waals surface area contributed by atoms with E-state index in [0.29, 0.717) is 17.7 Å². The van der Waals surface area contributed by atoms with Gasteiger partial charge in [0.15, 0.2) is 5.78 Å². The van der Waals surface area contributed by atoms with Crippen molar-refractivity contribution in [2.24, 2.45) is 0 Å². The smallest absolute Gasteiger partial charge is 0.308 e. The van der Waals surface area contributed by atoms with Crippen LogP contribution in [-0.2, 0) is 17.8 Å². The van der Waals surface area contributed by atoms with E-state index in [1.54, 1.807) is 31.2 Å². The SMILES string of the molecule is CCC(=O)c1ccc(OCc2ncc(CC(=O)O)c(=O)[nH]2)cc1. The topological polar surface area (TPSA) is 109 Å². The van der Waals surface area contributed by atoms with Crippen LogP contribution >= 0.6 is 0 Å². The molecular weight excluding hydrogens is 300 g/mol. The number of carboxylic acid groups (broad SMARTS) is 1. The summed E-state index contributed by atoms with van der Waals surface area (Å²) in [6.07, 6.45) is 1.29. The third-order valence-electron chi connectivity index (χ3n) is 3.14. The molecule has 7 heteroatoms. The number of ketones is 1. The monoisotopic (exact) mass is 316 g/mol. The van der Waals surface area contributed by atoms with Crippen LogP contribution < -0.4 is 10.3 Å². The molecule has 0 fully saturated rings. The van der Waals surface area contributed by atoms with Crippen molar-refractivity contribution >= 4 is 11.8 Å². The van der Waals surface area contributed by atoms with Gasteiger partial charge >= 0.3 is 5.97 Å². The number of H-pyrrole nitrogens is 1. The molecule has 0 spiro atoms.